The van der Waals surface area contributed by atoms with Gasteiger partial charge < -0.3 is 5.11 Å². The lowest BCUT2D eigenvalue weighted by atomic mass is 10.1. The number of aliphatic hydroxyl groups excluding tert-OH is 1. The molecule has 0 amide bonds. The van der Waals surface area contributed by atoms with Crippen LogP contribution in [0.25, 0.3) is 0 Å². The maximum atomic E-state index is 11.2. The van der Waals surface area contributed by atoms with Crippen LogP contribution in [0, 0.1) is 17.0 Å². The van der Waals surface area contributed by atoms with E-state index in [1.807, 2.05) is 25.1 Å². The SMILES string of the molecule is Cc1cccc(CSc2ccc([C@@H](C)O)cc2[N+](=O)[O-])c1. The first kappa shape index (κ1) is 15.5. The van der Waals surface area contributed by atoms with Gasteiger partial charge in [-0.3, -0.25) is 10.1 Å². The van der Waals surface area contributed by atoms with E-state index in [1.165, 1.54) is 23.4 Å². The van der Waals surface area contributed by atoms with E-state index in [9.17, 15) is 15.2 Å². The normalized spacial score (nSPS) is 12.1. The summed E-state index contributed by atoms with van der Waals surface area (Å²) >= 11 is 1.43. The van der Waals surface area contributed by atoms with Crippen molar-refractivity contribution in [1.29, 1.82) is 0 Å². The summed E-state index contributed by atoms with van der Waals surface area (Å²) in [5.41, 5.74) is 2.91. The smallest absolute Gasteiger partial charge is 0.283 e. The average Bonchev–Trinajstić information content (AvgIpc) is 2.44. The second-order valence-electron chi connectivity index (χ2n) is 4.94. The molecule has 0 bridgehead atoms. The van der Waals surface area contributed by atoms with Gasteiger partial charge >= 0.3 is 0 Å². The Morgan fingerprint density at radius 3 is 2.67 bits per heavy atom. The molecule has 0 saturated heterocycles. The fourth-order valence-electron chi connectivity index (χ4n) is 2.02. The molecular formula is C16H17NO3S. The topological polar surface area (TPSA) is 63.4 Å². The van der Waals surface area contributed by atoms with E-state index < -0.39 is 11.0 Å². The zero-order chi connectivity index (χ0) is 15.4. The molecule has 0 aromatic heterocycles. The highest BCUT2D eigenvalue weighted by Crippen LogP contribution is 2.33. The predicted octanol–water partition coefficient (Wildman–Crippen LogP) is 4.25. The van der Waals surface area contributed by atoms with Crippen molar-refractivity contribution in [3.05, 3.63) is 69.3 Å². The molecular weight excluding hydrogens is 286 g/mol. The van der Waals surface area contributed by atoms with E-state index in [1.54, 1.807) is 19.1 Å². The molecule has 0 spiro atoms. The van der Waals surface area contributed by atoms with E-state index >= 15 is 0 Å². The number of aryl methyl sites for hydroxylation is 1. The third-order valence-corrected chi connectivity index (χ3v) is 4.27. The van der Waals surface area contributed by atoms with Crippen molar-refractivity contribution in [3.8, 4) is 0 Å². The zero-order valence-electron chi connectivity index (χ0n) is 11.9. The Labute approximate surface area is 128 Å². The summed E-state index contributed by atoms with van der Waals surface area (Å²) in [6.07, 6.45) is -0.709. The summed E-state index contributed by atoms with van der Waals surface area (Å²) in [6.45, 7) is 3.62. The van der Waals surface area contributed by atoms with Crippen molar-refractivity contribution in [2.75, 3.05) is 0 Å². The summed E-state index contributed by atoms with van der Waals surface area (Å²) in [4.78, 5) is 11.4. The van der Waals surface area contributed by atoms with Gasteiger partial charge in [-0.1, -0.05) is 35.9 Å². The number of nitro benzene ring substituents is 1. The molecule has 5 heteroatoms. The van der Waals surface area contributed by atoms with Crippen LogP contribution in [0.5, 0.6) is 0 Å². The van der Waals surface area contributed by atoms with Crippen LogP contribution in [-0.2, 0) is 5.75 Å². The molecule has 1 N–H and O–H groups in total. The van der Waals surface area contributed by atoms with Gasteiger partial charge in [0.05, 0.1) is 15.9 Å². The van der Waals surface area contributed by atoms with Gasteiger partial charge in [-0.25, -0.2) is 0 Å². The minimum Gasteiger partial charge on any atom is -0.389 e. The van der Waals surface area contributed by atoms with Crippen molar-refractivity contribution in [2.24, 2.45) is 0 Å². The minimum atomic E-state index is -0.709. The van der Waals surface area contributed by atoms with Crippen LogP contribution in [0.4, 0.5) is 5.69 Å². The number of hydrogen-bond donors (Lipinski definition) is 1. The molecule has 1 atom stereocenters. The van der Waals surface area contributed by atoms with E-state index in [0.29, 0.717) is 16.2 Å². The van der Waals surface area contributed by atoms with E-state index in [4.69, 9.17) is 0 Å². The largest absolute Gasteiger partial charge is 0.389 e. The Morgan fingerprint density at radius 1 is 1.29 bits per heavy atom. The summed E-state index contributed by atoms with van der Waals surface area (Å²) in [7, 11) is 0. The van der Waals surface area contributed by atoms with Gasteiger partial charge in [-0.2, -0.15) is 0 Å². The Bertz CT molecular complexity index is 656. The highest BCUT2D eigenvalue weighted by molar-refractivity contribution is 7.98. The molecule has 0 aliphatic carbocycles. The van der Waals surface area contributed by atoms with E-state index in [2.05, 4.69) is 6.07 Å². The number of benzene rings is 2. The van der Waals surface area contributed by atoms with Crippen LogP contribution in [-0.4, -0.2) is 10.0 Å². The first-order valence-electron chi connectivity index (χ1n) is 6.62. The van der Waals surface area contributed by atoms with Crippen molar-refractivity contribution in [1.82, 2.24) is 0 Å². The molecule has 2 aromatic carbocycles. The van der Waals surface area contributed by atoms with Crippen LogP contribution in [0.1, 0.15) is 29.7 Å². The third-order valence-electron chi connectivity index (χ3n) is 3.14. The van der Waals surface area contributed by atoms with Crippen molar-refractivity contribution in [2.45, 2.75) is 30.6 Å². The van der Waals surface area contributed by atoms with Crippen LogP contribution in [0.3, 0.4) is 0 Å². The highest BCUT2D eigenvalue weighted by Gasteiger charge is 2.16. The van der Waals surface area contributed by atoms with Gasteiger partial charge in [-0.05, 0) is 31.0 Å². The van der Waals surface area contributed by atoms with Gasteiger partial charge in [0, 0.05) is 11.8 Å². The maximum absolute atomic E-state index is 11.2. The van der Waals surface area contributed by atoms with Crippen LogP contribution < -0.4 is 0 Å². The third kappa shape index (κ3) is 4.06. The van der Waals surface area contributed by atoms with Crippen LogP contribution >= 0.6 is 11.8 Å². The van der Waals surface area contributed by atoms with Crippen molar-refractivity contribution in [3.63, 3.8) is 0 Å². The number of thioether (sulfide) groups is 1. The molecule has 0 heterocycles. The number of hydrogen-bond acceptors (Lipinski definition) is 4. The molecule has 0 saturated carbocycles. The summed E-state index contributed by atoms with van der Waals surface area (Å²) in [5, 5.41) is 20.7. The number of rotatable bonds is 5. The fraction of sp³-hybridized carbons (Fsp3) is 0.250. The average molecular weight is 303 g/mol. The quantitative estimate of drug-likeness (QED) is 0.509. The molecule has 21 heavy (non-hydrogen) atoms. The van der Waals surface area contributed by atoms with Crippen molar-refractivity contribution < 1.29 is 10.0 Å². The maximum Gasteiger partial charge on any atom is 0.283 e. The van der Waals surface area contributed by atoms with E-state index in [0.717, 1.165) is 5.56 Å². The van der Waals surface area contributed by atoms with Crippen LogP contribution in [0.15, 0.2) is 47.4 Å². The monoisotopic (exact) mass is 303 g/mol. The molecule has 0 aliphatic rings. The number of nitro groups is 1. The molecule has 0 aliphatic heterocycles. The lowest BCUT2D eigenvalue weighted by Crippen LogP contribution is -1.96. The second kappa shape index (κ2) is 6.74. The van der Waals surface area contributed by atoms with Crippen molar-refractivity contribution >= 4 is 17.4 Å². The lowest BCUT2D eigenvalue weighted by Gasteiger charge is -2.08. The summed E-state index contributed by atoms with van der Waals surface area (Å²) < 4.78 is 0. The Balaban J connectivity index is 2.21. The Hall–Kier alpha value is -1.85. The Morgan fingerprint density at radius 2 is 2.05 bits per heavy atom. The molecule has 2 rings (SSSR count). The molecule has 0 radical (unpaired) electrons. The Kier molecular flexibility index (Phi) is 4.98. The highest BCUT2D eigenvalue weighted by atomic mass is 32.2. The second-order valence-corrected chi connectivity index (χ2v) is 5.96. The number of nitrogens with zero attached hydrogens (tertiary/aromatic N) is 1. The van der Waals surface area contributed by atoms with Gasteiger partial charge in [-0.15, -0.1) is 11.8 Å². The minimum absolute atomic E-state index is 0.0473. The molecule has 0 unspecified atom stereocenters. The fourth-order valence-corrected chi connectivity index (χ4v) is 2.97. The number of aliphatic hydroxyl groups is 1. The first-order chi connectivity index (χ1) is 9.97. The van der Waals surface area contributed by atoms with Crippen LogP contribution in [0.2, 0.25) is 0 Å². The molecule has 4 nitrogen and oxygen atoms in total. The zero-order valence-corrected chi connectivity index (χ0v) is 12.8. The predicted molar refractivity (Wildman–Crippen MR) is 84.5 cm³/mol. The van der Waals surface area contributed by atoms with Gasteiger partial charge in [0.25, 0.3) is 5.69 Å². The summed E-state index contributed by atoms with van der Waals surface area (Å²) in [6, 6.07) is 13.0. The first-order valence-corrected chi connectivity index (χ1v) is 7.60. The summed E-state index contributed by atoms with van der Waals surface area (Å²) in [5.74, 6) is 0.677. The van der Waals surface area contributed by atoms with Gasteiger partial charge in [0.1, 0.15) is 0 Å². The standard InChI is InChI=1S/C16H17NO3S/c1-11-4-3-5-13(8-11)10-21-16-7-6-14(12(2)18)9-15(16)17(19)20/h3-9,12,18H,10H2,1-2H3/t12-/m1/s1. The lowest BCUT2D eigenvalue weighted by molar-refractivity contribution is -0.387. The van der Waals surface area contributed by atoms with E-state index in [-0.39, 0.29) is 5.69 Å². The van der Waals surface area contributed by atoms with Gasteiger partial charge in [0.15, 0.2) is 0 Å². The van der Waals surface area contributed by atoms with Gasteiger partial charge in [0.2, 0.25) is 0 Å². The molecule has 2 aromatic rings. The molecule has 110 valence electrons. The molecule has 0 fully saturated rings.